The fourth-order valence-electron chi connectivity index (χ4n) is 2.90. The predicted octanol–water partition coefficient (Wildman–Crippen LogP) is 3.18. The Hall–Kier alpha value is -3.59. The molecule has 0 aromatic heterocycles. The van der Waals surface area contributed by atoms with Crippen molar-refractivity contribution in [3.05, 3.63) is 71.4 Å². The average molecular weight is 347 g/mol. The maximum atomic E-state index is 12.8. The molecule has 2 N–H and O–H groups in total. The second-order valence-corrected chi connectivity index (χ2v) is 5.89. The number of amides is 1. The Bertz CT molecular complexity index is 911. The normalized spacial score (nSPS) is 13.5. The summed E-state index contributed by atoms with van der Waals surface area (Å²) in [6.45, 7) is 0.572. The van der Waals surface area contributed by atoms with Crippen LogP contribution in [0.1, 0.15) is 22.3 Å². The topological polar surface area (TPSA) is 93.4 Å². The minimum atomic E-state index is -1.01. The van der Waals surface area contributed by atoms with Crippen LogP contribution in [-0.2, 0) is 11.2 Å². The van der Waals surface area contributed by atoms with E-state index in [0.717, 1.165) is 24.1 Å². The van der Waals surface area contributed by atoms with Crippen LogP contribution >= 0.6 is 0 Å². The zero-order valence-corrected chi connectivity index (χ0v) is 14.0. The van der Waals surface area contributed by atoms with Gasteiger partial charge in [-0.2, -0.15) is 5.26 Å². The number of aryl methyl sites for hydroxylation is 1. The number of anilines is 2. The van der Waals surface area contributed by atoms with Crippen LogP contribution in [0.5, 0.6) is 0 Å². The number of carboxylic acid groups (broad SMARTS) is 1. The van der Waals surface area contributed by atoms with Gasteiger partial charge in [0.1, 0.15) is 11.6 Å². The maximum absolute atomic E-state index is 12.8. The minimum absolute atomic E-state index is 0.0102. The van der Waals surface area contributed by atoms with Crippen LogP contribution in [0.15, 0.2) is 60.3 Å². The van der Waals surface area contributed by atoms with Crippen molar-refractivity contribution in [2.24, 2.45) is 0 Å². The van der Waals surface area contributed by atoms with Gasteiger partial charge in [-0.15, -0.1) is 0 Å². The Kier molecular flexibility index (Phi) is 4.99. The first-order valence-electron chi connectivity index (χ1n) is 8.20. The number of carbonyl (C=O) groups excluding carboxylic acids is 1. The molecule has 0 bridgehead atoms. The summed E-state index contributed by atoms with van der Waals surface area (Å²) >= 11 is 0. The monoisotopic (exact) mass is 347 g/mol. The lowest BCUT2D eigenvalue weighted by Crippen LogP contribution is -2.36. The molecule has 2 aromatic carbocycles. The highest BCUT2D eigenvalue weighted by Crippen LogP contribution is 2.27. The van der Waals surface area contributed by atoms with Gasteiger partial charge in [0.05, 0.1) is 5.56 Å². The molecule has 1 aliphatic rings. The first-order chi connectivity index (χ1) is 12.6. The first-order valence-corrected chi connectivity index (χ1v) is 8.20. The van der Waals surface area contributed by atoms with Crippen LogP contribution in [0.4, 0.5) is 11.4 Å². The third-order valence-corrected chi connectivity index (χ3v) is 4.22. The molecular formula is C20H17N3O3. The van der Waals surface area contributed by atoms with E-state index in [2.05, 4.69) is 5.32 Å². The van der Waals surface area contributed by atoms with Gasteiger partial charge in [0.2, 0.25) is 0 Å². The molecule has 0 spiro atoms. The highest BCUT2D eigenvalue weighted by Gasteiger charge is 2.24. The zero-order valence-electron chi connectivity index (χ0n) is 14.0. The van der Waals surface area contributed by atoms with Crippen molar-refractivity contribution in [3.8, 4) is 6.07 Å². The summed E-state index contributed by atoms with van der Waals surface area (Å²) in [7, 11) is 0. The van der Waals surface area contributed by atoms with Crippen molar-refractivity contribution in [2.45, 2.75) is 12.8 Å². The van der Waals surface area contributed by atoms with Crippen LogP contribution in [0.3, 0.4) is 0 Å². The molecule has 26 heavy (non-hydrogen) atoms. The van der Waals surface area contributed by atoms with Crippen LogP contribution in [0, 0.1) is 11.3 Å². The molecule has 0 saturated heterocycles. The molecule has 1 aliphatic heterocycles. The Morgan fingerprint density at radius 3 is 2.58 bits per heavy atom. The number of carbonyl (C=O) groups is 2. The van der Waals surface area contributed by atoms with Gasteiger partial charge in [0.25, 0.3) is 5.91 Å². The number of nitrogens with one attached hydrogen (secondary N) is 1. The molecule has 0 radical (unpaired) electrons. The second kappa shape index (κ2) is 7.53. The van der Waals surface area contributed by atoms with E-state index >= 15 is 0 Å². The molecule has 6 heteroatoms. The molecule has 3 rings (SSSR count). The van der Waals surface area contributed by atoms with Crippen LogP contribution in [0.2, 0.25) is 0 Å². The molecular weight excluding hydrogens is 330 g/mol. The van der Waals surface area contributed by atoms with E-state index in [1.165, 1.54) is 18.3 Å². The van der Waals surface area contributed by atoms with Crippen LogP contribution in [-0.4, -0.2) is 23.5 Å². The Morgan fingerprint density at radius 1 is 1.15 bits per heavy atom. The minimum Gasteiger partial charge on any atom is -0.478 e. The lowest BCUT2D eigenvalue weighted by Gasteiger charge is -2.29. The highest BCUT2D eigenvalue weighted by atomic mass is 16.4. The van der Waals surface area contributed by atoms with Gasteiger partial charge >= 0.3 is 5.97 Å². The van der Waals surface area contributed by atoms with Gasteiger partial charge in [0, 0.05) is 24.1 Å². The van der Waals surface area contributed by atoms with E-state index in [9.17, 15) is 14.9 Å². The van der Waals surface area contributed by atoms with Gasteiger partial charge in [0.15, 0.2) is 0 Å². The van der Waals surface area contributed by atoms with Crippen molar-refractivity contribution in [2.75, 3.05) is 16.8 Å². The van der Waals surface area contributed by atoms with E-state index in [1.54, 1.807) is 17.0 Å². The Labute approximate surface area is 151 Å². The maximum Gasteiger partial charge on any atom is 0.335 e. The third kappa shape index (κ3) is 3.57. The summed E-state index contributed by atoms with van der Waals surface area (Å²) in [4.78, 5) is 25.3. The van der Waals surface area contributed by atoms with Gasteiger partial charge in [-0.05, 0) is 48.7 Å². The number of hydrogen-bond donors (Lipinski definition) is 2. The molecule has 0 fully saturated rings. The molecule has 2 aromatic rings. The average Bonchev–Trinajstić information content (AvgIpc) is 2.68. The molecule has 130 valence electrons. The highest BCUT2D eigenvalue weighted by molar-refractivity contribution is 6.09. The summed E-state index contributed by atoms with van der Waals surface area (Å²) in [5.74, 6) is -1.36. The van der Waals surface area contributed by atoms with E-state index in [1.807, 2.05) is 30.3 Å². The van der Waals surface area contributed by atoms with Crippen molar-refractivity contribution >= 4 is 23.3 Å². The SMILES string of the molecule is N#C/C(=C/Nc1ccc(C(=O)O)cc1)C(=O)N1CCCc2ccccc21. The Morgan fingerprint density at radius 2 is 1.88 bits per heavy atom. The van der Waals surface area contributed by atoms with Crippen molar-refractivity contribution in [3.63, 3.8) is 0 Å². The van der Waals surface area contributed by atoms with Crippen LogP contribution < -0.4 is 10.2 Å². The molecule has 0 unspecified atom stereocenters. The number of benzene rings is 2. The Balaban J connectivity index is 1.78. The number of nitriles is 1. The largest absolute Gasteiger partial charge is 0.478 e. The van der Waals surface area contributed by atoms with E-state index < -0.39 is 5.97 Å². The van der Waals surface area contributed by atoms with Gasteiger partial charge in [-0.3, -0.25) is 4.79 Å². The van der Waals surface area contributed by atoms with E-state index in [0.29, 0.717) is 12.2 Å². The lowest BCUT2D eigenvalue weighted by atomic mass is 10.0. The third-order valence-electron chi connectivity index (χ3n) is 4.22. The number of aromatic carboxylic acids is 1. The van der Waals surface area contributed by atoms with Gasteiger partial charge in [-0.25, -0.2) is 4.79 Å². The number of rotatable bonds is 4. The molecule has 1 heterocycles. The smallest absolute Gasteiger partial charge is 0.335 e. The first kappa shape index (κ1) is 17.2. The van der Waals surface area contributed by atoms with E-state index in [4.69, 9.17) is 5.11 Å². The van der Waals surface area contributed by atoms with Gasteiger partial charge < -0.3 is 15.3 Å². The summed E-state index contributed by atoms with van der Waals surface area (Å²) in [6.07, 6.45) is 3.13. The molecule has 6 nitrogen and oxygen atoms in total. The van der Waals surface area contributed by atoms with Crippen molar-refractivity contribution in [1.29, 1.82) is 5.26 Å². The standard InChI is InChI=1S/C20H17N3O3/c21-12-16(13-22-17-9-7-15(8-10-17)20(25)26)19(24)23-11-3-5-14-4-1-2-6-18(14)23/h1-2,4,6-10,13,22H,3,5,11H2,(H,25,26)/b16-13-. The summed E-state index contributed by atoms with van der Waals surface area (Å²) in [6, 6.07) is 15.7. The fraction of sp³-hybridized carbons (Fsp3) is 0.150. The molecule has 0 aliphatic carbocycles. The summed E-state index contributed by atoms with van der Waals surface area (Å²) in [5, 5.41) is 21.2. The van der Waals surface area contributed by atoms with Crippen LogP contribution in [0.25, 0.3) is 0 Å². The fourth-order valence-corrected chi connectivity index (χ4v) is 2.90. The zero-order chi connectivity index (χ0) is 18.5. The lowest BCUT2D eigenvalue weighted by molar-refractivity contribution is -0.114. The molecule has 0 atom stereocenters. The molecule has 1 amide bonds. The van der Waals surface area contributed by atoms with E-state index in [-0.39, 0.29) is 17.0 Å². The van der Waals surface area contributed by atoms with Crippen molar-refractivity contribution < 1.29 is 14.7 Å². The summed E-state index contributed by atoms with van der Waals surface area (Å²) < 4.78 is 0. The predicted molar refractivity (Wildman–Crippen MR) is 97.8 cm³/mol. The second-order valence-electron chi connectivity index (χ2n) is 5.89. The number of carboxylic acids is 1. The van der Waals surface area contributed by atoms with Gasteiger partial charge in [-0.1, -0.05) is 18.2 Å². The number of para-hydroxylation sites is 1. The summed E-state index contributed by atoms with van der Waals surface area (Å²) in [5.41, 5.74) is 2.69. The molecule has 0 saturated carbocycles. The number of nitrogens with zero attached hydrogens (tertiary/aromatic N) is 2. The number of fused-ring (bicyclic) bond motifs is 1. The van der Waals surface area contributed by atoms with Crippen molar-refractivity contribution in [1.82, 2.24) is 0 Å². The number of hydrogen-bond acceptors (Lipinski definition) is 4. The quantitative estimate of drug-likeness (QED) is 0.654.